The van der Waals surface area contributed by atoms with Gasteiger partial charge in [0.25, 0.3) is 0 Å². The Morgan fingerprint density at radius 3 is 2.67 bits per heavy atom. The molecule has 1 rings (SSSR count). The number of nitrogens with one attached hydrogen (secondary N) is 1. The van der Waals surface area contributed by atoms with E-state index in [1.165, 1.54) is 7.11 Å². The number of rotatable bonds is 4. The van der Waals surface area contributed by atoms with Crippen LogP contribution in [0.3, 0.4) is 0 Å². The number of hydrogen-bond donors (Lipinski definition) is 2. The largest absolute Gasteiger partial charge is 0.453 e. The van der Waals surface area contributed by atoms with E-state index in [0.717, 1.165) is 5.56 Å². The second-order valence-corrected chi connectivity index (χ2v) is 3.21. The summed E-state index contributed by atoms with van der Waals surface area (Å²) in [5, 5.41) is 11.6. The lowest BCUT2D eigenvalue weighted by atomic mass is 10.1. The van der Waals surface area contributed by atoms with Crippen LogP contribution in [0.5, 0.6) is 0 Å². The summed E-state index contributed by atoms with van der Waals surface area (Å²) in [6.07, 6.45) is 0.0666. The van der Waals surface area contributed by atoms with Crippen molar-refractivity contribution in [2.75, 3.05) is 13.7 Å². The van der Waals surface area contributed by atoms with Gasteiger partial charge in [-0.15, -0.1) is 0 Å². The summed E-state index contributed by atoms with van der Waals surface area (Å²) in [6, 6.07) is 9.35. The molecule has 1 aromatic carbocycles. The van der Waals surface area contributed by atoms with Gasteiger partial charge in [0.2, 0.25) is 0 Å². The van der Waals surface area contributed by atoms with Crippen LogP contribution in [0.15, 0.2) is 30.3 Å². The molecule has 0 aromatic heterocycles. The number of carbonyl (C=O) groups is 1. The maximum absolute atomic E-state index is 10.9. The number of alkyl carbamates (subject to hydrolysis) is 1. The van der Waals surface area contributed by atoms with Crippen LogP contribution in [-0.4, -0.2) is 31.0 Å². The second-order valence-electron chi connectivity index (χ2n) is 3.21. The van der Waals surface area contributed by atoms with E-state index in [9.17, 15) is 4.79 Å². The number of aliphatic hydroxyl groups excluding tert-OH is 1. The number of aliphatic hydroxyl groups is 1. The zero-order valence-corrected chi connectivity index (χ0v) is 8.64. The Hall–Kier alpha value is -1.55. The molecule has 0 heterocycles. The molecular formula is C11H15NO3. The van der Waals surface area contributed by atoms with Gasteiger partial charge in [0.1, 0.15) is 0 Å². The first-order valence-electron chi connectivity index (χ1n) is 4.75. The molecule has 0 aliphatic carbocycles. The standard InChI is InChI=1S/C11H15NO3/c1-15-11(14)12-10(8-13)7-9-5-3-2-4-6-9/h2-6,10,13H,7-8H2,1H3,(H,12,14)/t10-/m1/s1. The van der Waals surface area contributed by atoms with Gasteiger partial charge in [0.05, 0.1) is 19.8 Å². The molecule has 0 radical (unpaired) electrons. The molecular weight excluding hydrogens is 194 g/mol. The first-order valence-corrected chi connectivity index (χ1v) is 4.75. The second kappa shape index (κ2) is 6.03. The Balaban J connectivity index is 2.50. The third-order valence-electron chi connectivity index (χ3n) is 2.05. The maximum Gasteiger partial charge on any atom is 0.407 e. The Morgan fingerprint density at radius 2 is 2.13 bits per heavy atom. The van der Waals surface area contributed by atoms with E-state index in [1.54, 1.807) is 0 Å². The van der Waals surface area contributed by atoms with E-state index < -0.39 is 6.09 Å². The Labute approximate surface area is 88.9 Å². The number of hydrogen-bond acceptors (Lipinski definition) is 3. The van der Waals surface area contributed by atoms with Crippen LogP contribution in [0.25, 0.3) is 0 Å². The minimum atomic E-state index is -0.523. The summed E-state index contributed by atoms with van der Waals surface area (Å²) in [5.74, 6) is 0. The number of carbonyl (C=O) groups excluding carboxylic acids is 1. The van der Waals surface area contributed by atoms with Gasteiger partial charge in [-0.2, -0.15) is 0 Å². The van der Waals surface area contributed by atoms with Crippen molar-refractivity contribution in [1.82, 2.24) is 5.32 Å². The number of benzene rings is 1. The van der Waals surface area contributed by atoms with Crippen LogP contribution in [0.1, 0.15) is 5.56 Å². The smallest absolute Gasteiger partial charge is 0.407 e. The van der Waals surface area contributed by atoms with Gasteiger partial charge in [-0.3, -0.25) is 0 Å². The third kappa shape index (κ3) is 3.99. The zero-order chi connectivity index (χ0) is 11.1. The predicted molar refractivity (Wildman–Crippen MR) is 56.6 cm³/mol. The summed E-state index contributed by atoms with van der Waals surface area (Å²) in [7, 11) is 1.30. The summed E-state index contributed by atoms with van der Waals surface area (Å²) < 4.78 is 4.46. The van der Waals surface area contributed by atoms with Crippen LogP contribution in [-0.2, 0) is 11.2 Å². The maximum atomic E-state index is 10.9. The first-order chi connectivity index (χ1) is 7.26. The van der Waals surface area contributed by atoms with Gasteiger partial charge >= 0.3 is 6.09 Å². The summed E-state index contributed by atoms with van der Waals surface area (Å²) >= 11 is 0. The fourth-order valence-electron chi connectivity index (χ4n) is 1.29. The molecule has 4 nitrogen and oxygen atoms in total. The molecule has 0 saturated heterocycles. The highest BCUT2D eigenvalue weighted by Crippen LogP contribution is 2.02. The van der Waals surface area contributed by atoms with Gasteiger partial charge in [-0.25, -0.2) is 4.79 Å². The topological polar surface area (TPSA) is 58.6 Å². The molecule has 0 aliphatic heterocycles. The van der Waals surface area contributed by atoms with E-state index in [2.05, 4.69) is 10.1 Å². The zero-order valence-electron chi connectivity index (χ0n) is 8.64. The fraction of sp³-hybridized carbons (Fsp3) is 0.364. The molecule has 0 fully saturated rings. The van der Waals surface area contributed by atoms with Crippen LogP contribution >= 0.6 is 0 Å². The Bertz CT molecular complexity index is 300. The van der Waals surface area contributed by atoms with Crippen molar-refractivity contribution in [3.8, 4) is 0 Å². The van der Waals surface area contributed by atoms with Crippen molar-refractivity contribution in [2.45, 2.75) is 12.5 Å². The molecule has 0 unspecified atom stereocenters. The van der Waals surface area contributed by atoms with Crippen molar-refractivity contribution in [2.24, 2.45) is 0 Å². The molecule has 1 atom stereocenters. The molecule has 0 spiro atoms. The van der Waals surface area contributed by atoms with E-state index in [1.807, 2.05) is 30.3 Å². The molecule has 4 heteroatoms. The summed E-state index contributed by atoms with van der Waals surface area (Å²) in [4.78, 5) is 10.9. The highest BCUT2D eigenvalue weighted by Gasteiger charge is 2.11. The Kier molecular flexibility index (Phi) is 4.63. The number of methoxy groups -OCH3 is 1. The van der Waals surface area contributed by atoms with Crippen LogP contribution in [0.4, 0.5) is 4.79 Å². The van der Waals surface area contributed by atoms with Crippen LogP contribution < -0.4 is 5.32 Å². The number of ether oxygens (including phenoxy) is 1. The van der Waals surface area contributed by atoms with Crippen molar-refractivity contribution >= 4 is 6.09 Å². The molecule has 0 bridgehead atoms. The van der Waals surface area contributed by atoms with Crippen LogP contribution in [0, 0.1) is 0 Å². The monoisotopic (exact) mass is 209 g/mol. The van der Waals surface area contributed by atoms with E-state index in [0.29, 0.717) is 6.42 Å². The van der Waals surface area contributed by atoms with Gasteiger partial charge < -0.3 is 15.2 Å². The lowest BCUT2D eigenvalue weighted by Crippen LogP contribution is -2.38. The molecule has 0 aliphatic rings. The summed E-state index contributed by atoms with van der Waals surface area (Å²) in [5.41, 5.74) is 1.06. The van der Waals surface area contributed by atoms with E-state index >= 15 is 0 Å². The summed E-state index contributed by atoms with van der Waals surface area (Å²) in [6.45, 7) is -0.107. The molecule has 82 valence electrons. The average Bonchev–Trinajstić information content (AvgIpc) is 2.29. The molecule has 0 saturated carbocycles. The molecule has 2 N–H and O–H groups in total. The van der Waals surface area contributed by atoms with Gasteiger partial charge in [-0.1, -0.05) is 30.3 Å². The first kappa shape index (κ1) is 11.5. The molecule has 1 aromatic rings. The third-order valence-corrected chi connectivity index (χ3v) is 2.05. The molecule has 1 amide bonds. The van der Waals surface area contributed by atoms with Crippen LogP contribution in [0.2, 0.25) is 0 Å². The highest BCUT2D eigenvalue weighted by molar-refractivity contribution is 5.67. The predicted octanol–water partition coefficient (Wildman–Crippen LogP) is 0.946. The minimum Gasteiger partial charge on any atom is -0.453 e. The minimum absolute atomic E-state index is 0.107. The van der Waals surface area contributed by atoms with Gasteiger partial charge in [0, 0.05) is 0 Å². The fourth-order valence-corrected chi connectivity index (χ4v) is 1.29. The van der Waals surface area contributed by atoms with E-state index in [-0.39, 0.29) is 12.6 Å². The van der Waals surface area contributed by atoms with Crippen molar-refractivity contribution < 1.29 is 14.6 Å². The Morgan fingerprint density at radius 1 is 1.47 bits per heavy atom. The van der Waals surface area contributed by atoms with E-state index in [4.69, 9.17) is 5.11 Å². The quantitative estimate of drug-likeness (QED) is 0.776. The van der Waals surface area contributed by atoms with Crippen molar-refractivity contribution in [3.63, 3.8) is 0 Å². The van der Waals surface area contributed by atoms with Gasteiger partial charge in [0.15, 0.2) is 0 Å². The average molecular weight is 209 g/mol. The normalized spacial score (nSPS) is 11.9. The lowest BCUT2D eigenvalue weighted by molar-refractivity contribution is 0.157. The lowest BCUT2D eigenvalue weighted by Gasteiger charge is -2.15. The SMILES string of the molecule is COC(=O)N[C@@H](CO)Cc1ccccc1. The van der Waals surface area contributed by atoms with Gasteiger partial charge in [-0.05, 0) is 12.0 Å². The molecule has 15 heavy (non-hydrogen) atoms. The van der Waals surface area contributed by atoms with Crippen molar-refractivity contribution in [1.29, 1.82) is 0 Å². The highest BCUT2D eigenvalue weighted by atomic mass is 16.5. The van der Waals surface area contributed by atoms with Crippen molar-refractivity contribution in [3.05, 3.63) is 35.9 Å². The number of amides is 1.